The summed E-state index contributed by atoms with van der Waals surface area (Å²) in [6.45, 7) is 17.4. The van der Waals surface area contributed by atoms with E-state index in [4.69, 9.17) is 24.4 Å². The van der Waals surface area contributed by atoms with Crippen molar-refractivity contribution < 1.29 is 9.59 Å². The second kappa shape index (κ2) is 13.2. The molecule has 1 unspecified atom stereocenters. The SMILES string of the molecule is Cc1ccc(NC(=S)NC(=O)C2C[C@@H]3C[C@@H]4[C@@]5(C)CCC[C@@](C)(C(=O)NC(=S)Nc6ccc(C)cc6C)[C@@H]5CC[C@]24C=C3C(C)C)c(C)c1. The molecule has 0 aliphatic heterocycles. The fraction of sp³-hybridized carbons (Fsp3) is 0.561. The van der Waals surface area contributed by atoms with Gasteiger partial charge in [-0.15, -0.1) is 0 Å². The Morgan fingerprint density at radius 2 is 1.39 bits per heavy atom. The summed E-state index contributed by atoms with van der Waals surface area (Å²) in [4.78, 5) is 28.6. The normalized spacial score (nSPS) is 31.6. The lowest BCUT2D eigenvalue weighted by molar-refractivity contribution is -0.181. The molecule has 2 aromatic rings. The van der Waals surface area contributed by atoms with E-state index in [0.717, 1.165) is 67.4 Å². The molecule has 5 aliphatic rings. The summed E-state index contributed by atoms with van der Waals surface area (Å²) in [7, 11) is 0. The van der Waals surface area contributed by atoms with Crippen LogP contribution in [0.25, 0.3) is 0 Å². The van der Waals surface area contributed by atoms with Gasteiger partial charge in [-0.2, -0.15) is 0 Å². The Morgan fingerprint density at radius 3 is 1.96 bits per heavy atom. The van der Waals surface area contributed by atoms with Crippen LogP contribution in [0.4, 0.5) is 11.4 Å². The first-order valence-corrected chi connectivity index (χ1v) is 19.0. The molecule has 7 rings (SSSR count). The number of anilines is 2. The molecule has 0 saturated heterocycles. The van der Waals surface area contributed by atoms with Crippen molar-refractivity contribution >= 4 is 57.8 Å². The van der Waals surface area contributed by atoms with Crippen molar-refractivity contribution in [2.24, 2.45) is 45.8 Å². The molecule has 8 heteroatoms. The molecule has 49 heavy (non-hydrogen) atoms. The maximum atomic E-state index is 14.3. The summed E-state index contributed by atoms with van der Waals surface area (Å²) in [5.74, 6) is 1.18. The van der Waals surface area contributed by atoms with Gasteiger partial charge < -0.3 is 21.3 Å². The van der Waals surface area contributed by atoms with E-state index in [2.05, 4.69) is 81.0 Å². The molecule has 2 amide bonds. The number of rotatable bonds is 5. The zero-order chi connectivity index (χ0) is 35.5. The smallest absolute Gasteiger partial charge is 0.232 e. The van der Waals surface area contributed by atoms with E-state index < -0.39 is 5.41 Å². The number of thiocarbonyl (C=S) groups is 2. The number of carbonyl (C=O) groups excluding carboxylic acids is 2. The molecule has 4 N–H and O–H groups in total. The summed E-state index contributed by atoms with van der Waals surface area (Å²) < 4.78 is 0. The van der Waals surface area contributed by atoms with E-state index in [-0.39, 0.29) is 34.5 Å². The van der Waals surface area contributed by atoms with Gasteiger partial charge in [0.15, 0.2) is 10.2 Å². The van der Waals surface area contributed by atoms with E-state index in [1.807, 2.05) is 38.1 Å². The standard InChI is InChI=1S/C41H54N4O2S2/c1-23(2)29-22-41-17-14-33-39(7,15-9-16-40(33,8)36(47)45-38(49)43-32-13-11-25(4)19-27(32)6)34(41)21-28(29)20-30(41)35(46)44-37(48)42-31-12-10-24(3)18-26(31)5/h10-13,18-19,22-23,28,30,33-34H,9,14-17,20-21H2,1-8H3,(H2,42,44,46,48)(H2,43,45,47,49)/t28-,30?,33-,34-,39+,40-,41+/m1/s1. The zero-order valence-corrected chi connectivity index (χ0v) is 32.1. The predicted octanol–water partition coefficient (Wildman–Crippen LogP) is 9.08. The quantitative estimate of drug-likeness (QED) is 0.184. The topological polar surface area (TPSA) is 82.3 Å². The lowest BCUT2D eigenvalue weighted by Crippen LogP contribution is -2.65. The molecule has 0 radical (unpaired) electrons. The van der Waals surface area contributed by atoms with Gasteiger partial charge in [-0.05, 0) is 143 Å². The first kappa shape index (κ1) is 35.7. The predicted molar refractivity (Wildman–Crippen MR) is 208 cm³/mol. The molecule has 262 valence electrons. The number of nitrogens with one attached hydrogen (secondary N) is 4. The van der Waals surface area contributed by atoms with Crippen molar-refractivity contribution in [3.63, 3.8) is 0 Å². The number of aryl methyl sites for hydroxylation is 4. The van der Waals surface area contributed by atoms with Crippen molar-refractivity contribution in [2.75, 3.05) is 10.6 Å². The maximum absolute atomic E-state index is 14.3. The average molecular weight is 699 g/mol. The van der Waals surface area contributed by atoms with Gasteiger partial charge in [-0.1, -0.05) is 81.2 Å². The van der Waals surface area contributed by atoms with Crippen LogP contribution in [0.3, 0.4) is 0 Å². The molecule has 6 nitrogen and oxygen atoms in total. The van der Waals surface area contributed by atoms with E-state index in [0.29, 0.717) is 28.0 Å². The molecule has 5 aliphatic carbocycles. The minimum absolute atomic E-state index is 0.0122. The number of fused-ring (bicyclic) bond motifs is 2. The Kier molecular flexibility index (Phi) is 9.64. The molecule has 3 fully saturated rings. The monoisotopic (exact) mass is 698 g/mol. The van der Waals surface area contributed by atoms with Gasteiger partial charge in [-0.25, -0.2) is 0 Å². The Hall–Kier alpha value is -3.10. The third-order valence-electron chi connectivity index (χ3n) is 13.1. The Labute approximate surface area is 304 Å². The fourth-order valence-electron chi connectivity index (χ4n) is 10.8. The first-order valence-electron chi connectivity index (χ1n) is 18.2. The average Bonchev–Trinajstić information content (AvgIpc) is 3.03. The second-order valence-corrected chi connectivity index (χ2v) is 17.4. The second-order valence-electron chi connectivity index (χ2n) is 16.5. The van der Waals surface area contributed by atoms with E-state index in [1.165, 1.54) is 16.7 Å². The molecule has 3 saturated carbocycles. The minimum Gasteiger partial charge on any atom is -0.332 e. The Bertz CT molecular complexity index is 1730. The number of hydrogen-bond acceptors (Lipinski definition) is 4. The van der Waals surface area contributed by atoms with Crippen LogP contribution in [-0.2, 0) is 9.59 Å². The number of hydrogen-bond donors (Lipinski definition) is 4. The van der Waals surface area contributed by atoms with Crippen molar-refractivity contribution in [1.82, 2.24) is 10.6 Å². The van der Waals surface area contributed by atoms with E-state index in [9.17, 15) is 9.59 Å². The highest BCUT2D eigenvalue weighted by Crippen LogP contribution is 2.72. The van der Waals surface area contributed by atoms with Crippen molar-refractivity contribution in [3.8, 4) is 0 Å². The first-order chi connectivity index (χ1) is 23.1. The highest BCUT2D eigenvalue weighted by Gasteiger charge is 2.67. The number of amides is 2. The summed E-state index contributed by atoms with van der Waals surface area (Å²) in [5.41, 5.74) is 6.99. The molecule has 2 bridgehead atoms. The highest BCUT2D eigenvalue weighted by atomic mass is 32.1. The summed E-state index contributed by atoms with van der Waals surface area (Å²) in [5, 5.41) is 13.5. The molecular formula is C41H54N4O2S2. The van der Waals surface area contributed by atoms with E-state index in [1.54, 1.807) is 0 Å². The fourth-order valence-corrected chi connectivity index (χ4v) is 11.3. The van der Waals surface area contributed by atoms with Gasteiger partial charge in [0, 0.05) is 22.7 Å². The molecular weight excluding hydrogens is 645 g/mol. The molecule has 7 atom stereocenters. The van der Waals surface area contributed by atoms with Gasteiger partial charge in [0.25, 0.3) is 0 Å². The van der Waals surface area contributed by atoms with Crippen LogP contribution in [0.1, 0.15) is 94.9 Å². The largest absolute Gasteiger partial charge is 0.332 e. The Balaban J connectivity index is 1.24. The van der Waals surface area contributed by atoms with Crippen LogP contribution in [0, 0.1) is 73.5 Å². The molecule has 0 heterocycles. The van der Waals surface area contributed by atoms with E-state index >= 15 is 0 Å². The van der Waals surface area contributed by atoms with Crippen molar-refractivity contribution in [1.29, 1.82) is 0 Å². The van der Waals surface area contributed by atoms with Crippen LogP contribution in [0.2, 0.25) is 0 Å². The molecule has 1 spiro atoms. The lowest BCUT2D eigenvalue weighted by Gasteiger charge is -2.68. The third kappa shape index (κ3) is 6.37. The summed E-state index contributed by atoms with van der Waals surface area (Å²) in [6, 6.07) is 12.3. The molecule has 2 aromatic carbocycles. The zero-order valence-electron chi connectivity index (χ0n) is 30.5. The van der Waals surface area contributed by atoms with Crippen molar-refractivity contribution in [2.45, 2.75) is 100 Å². The number of carbonyl (C=O) groups is 2. The van der Waals surface area contributed by atoms with Crippen LogP contribution < -0.4 is 21.3 Å². The van der Waals surface area contributed by atoms with Gasteiger partial charge in [-0.3, -0.25) is 9.59 Å². The van der Waals surface area contributed by atoms with Crippen molar-refractivity contribution in [3.05, 3.63) is 70.3 Å². The van der Waals surface area contributed by atoms with Crippen LogP contribution in [0.15, 0.2) is 48.0 Å². The number of allylic oxidation sites excluding steroid dienone is 2. The van der Waals surface area contributed by atoms with Crippen LogP contribution in [-0.4, -0.2) is 22.0 Å². The van der Waals surface area contributed by atoms with Gasteiger partial charge in [0.2, 0.25) is 11.8 Å². The highest BCUT2D eigenvalue weighted by molar-refractivity contribution is 7.80. The van der Waals surface area contributed by atoms with Gasteiger partial charge in [0.05, 0.1) is 5.41 Å². The molecule has 0 aromatic heterocycles. The van der Waals surface area contributed by atoms with Gasteiger partial charge >= 0.3 is 0 Å². The van der Waals surface area contributed by atoms with Crippen LogP contribution >= 0.6 is 24.4 Å². The summed E-state index contributed by atoms with van der Waals surface area (Å²) in [6.07, 6.45) is 9.15. The Morgan fingerprint density at radius 1 is 0.796 bits per heavy atom. The third-order valence-corrected chi connectivity index (χ3v) is 13.5. The van der Waals surface area contributed by atoms with Gasteiger partial charge in [0.1, 0.15) is 0 Å². The minimum atomic E-state index is -0.556. The lowest BCUT2D eigenvalue weighted by atomic mass is 9.35. The maximum Gasteiger partial charge on any atom is 0.232 e. The number of benzene rings is 2. The van der Waals surface area contributed by atoms with Crippen LogP contribution in [0.5, 0.6) is 0 Å². The summed E-state index contributed by atoms with van der Waals surface area (Å²) >= 11 is 11.4.